The first-order valence-corrected chi connectivity index (χ1v) is 9.40. The average Bonchev–Trinajstić information content (AvgIpc) is 2.45. The van der Waals surface area contributed by atoms with Crippen molar-refractivity contribution in [2.24, 2.45) is 11.8 Å². The summed E-state index contributed by atoms with van der Waals surface area (Å²) >= 11 is 0. The average molecular weight is 359 g/mol. The number of amides is 1. The van der Waals surface area contributed by atoms with Crippen LogP contribution in [0.15, 0.2) is 23.1 Å². The third-order valence-corrected chi connectivity index (χ3v) is 4.86. The Balaban J connectivity index is 0.00000576. The van der Waals surface area contributed by atoms with Crippen molar-refractivity contribution in [3.05, 3.63) is 29.6 Å². The predicted octanol–water partition coefficient (Wildman–Crippen LogP) is 3.08. The molecule has 0 unspecified atom stereocenters. The van der Waals surface area contributed by atoms with Gasteiger partial charge in [-0.1, -0.05) is 27.7 Å². The normalized spacial score (nSPS) is 11.8. The Morgan fingerprint density at radius 1 is 1.12 bits per heavy atom. The number of ketones is 1. The van der Waals surface area contributed by atoms with Gasteiger partial charge in [-0.25, -0.2) is 17.5 Å². The zero-order chi connectivity index (χ0) is 18.5. The van der Waals surface area contributed by atoms with E-state index in [4.69, 9.17) is 0 Å². The van der Waals surface area contributed by atoms with Crippen LogP contribution in [0.5, 0.6) is 0 Å². The van der Waals surface area contributed by atoms with E-state index in [-0.39, 0.29) is 18.0 Å². The number of hydrogen-bond donors (Lipinski definition) is 1. The number of rotatable bonds is 8. The molecule has 0 aromatic heterocycles. The Labute approximate surface area is 144 Å². The smallest absolute Gasteiger partial charge is 0.264 e. The van der Waals surface area contributed by atoms with E-state index in [2.05, 4.69) is 0 Å². The maximum atomic E-state index is 13.7. The topological polar surface area (TPSA) is 80.3 Å². The zero-order valence-electron chi connectivity index (χ0n) is 14.4. The number of Topliss-reactive ketones (excluding diaryl/α,β-unsaturated/α-hetero) is 1. The molecule has 1 aromatic rings. The molecule has 5 nitrogen and oxygen atoms in total. The Morgan fingerprint density at radius 3 is 2.29 bits per heavy atom. The van der Waals surface area contributed by atoms with Gasteiger partial charge in [-0.15, -0.1) is 0 Å². The molecule has 0 fully saturated rings. The van der Waals surface area contributed by atoms with Crippen molar-refractivity contribution in [3.63, 3.8) is 0 Å². The number of carbonyl (C=O) groups is 2. The van der Waals surface area contributed by atoms with E-state index in [0.717, 1.165) is 6.07 Å². The summed E-state index contributed by atoms with van der Waals surface area (Å²) in [5.41, 5.74) is 0.476. The van der Waals surface area contributed by atoms with Gasteiger partial charge in [0, 0.05) is 19.7 Å². The maximum absolute atomic E-state index is 13.7. The molecule has 0 saturated heterocycles. The van der Waals surface area contributed by atoms with Gasteiger partial charge in [0.1, 0.15) is 11.6 Å². The molecular formula is C17H26FNO4S. The molecule has 0 aliphatic carbocycles. The summed E-state index contributed by atoms with van der Waals surface area (Å²) in [5.74, 6) is -1.79. The number of hydrogen-bond acceptors (Lipinski definition) is 4. The quantitative estimate of drug-likeness (QED) is 0.773. The van der Waals surface area contributed by atoms with E-state index >= 15 is 0 Å². The van der Waals surface area contributed by atoms with Crippen LogP contribution < -0.4 is 4.72 Å². The molecule has 0 atom stereocenters. The van der Waals surface area contributed by atoms with Crippen LogP contribution in [0, 0.1) is 17.7 Å². The van der Waals surface area contributed by atoms with Gasteiger partial charge < -0.3 is 0 Å². The molecule has 24 heavy (non-hydrogen) atoms. The first kappa shape index (κ1) is 20.3. The number of halogens is 1. The lowest BCUT2D eigenvalue weighted by molar-refractivity contribution is -0.122. The van der Waals surface area contributed by atoms with Gasteiger partial charge in [-0.2, -0.15) is 0 Å². The van der Waals surface area contributed by atoms with Crippen LogP contribution in [0.3, 0.4) is 0 Å². The van der Waals surface area contributed by atoms with Gasteiger partial charge in [0.2, 0.25) is 5.91 Å². The molecule has 7 heteroatoms. The fraction of sp³-hybridized carbons (Fsp3) is 0.529. The van der Waals surface area contributed by atoms with Crippen molar-refractivity contribution in [1.82, 2.24) is 4.72 Å². The van der Waals surface area contributed by atoms with Crippen molar-refractivity contribution in [2.75, 3.05) is 0 Å². The summed E-state index contributed by atoms with van der Waals surface area (Å²) in [6, 6.07) is 3.45. The van der Waals surface area contributed by atoms with E-state index in [9.17, 15) is 22.4 Å². The highest BCUT2D eigenvalue weighted by Gasteiger charge is 2.21. The second-order valence-corrected chi connectivity index (χ2v) is 8.08. The van der Waals surface area contributed by atoms with E-state index in [0.29, 0.717) is 24.8 Å². The summed E-state index contributed by atoms with van der Waals surface area (Å²) in [6.07, 6.45) is 1.26. The SMILES string of the molecule is CC(C)C(=O)CCCc1cc(F)cc(S(=O)(=O)NC(=O)C(C)C)c1.[HH]. The van der Waals surface area contributed by atoms with Crippen LogP contribution in [0.4, 0.5) is 4.39 Å². The van der Waals surface area contributed by atoms with Crippen molar-refractivity contribution < 1.29 is 23.8 Å². The first-order chi connectivity index (χ1) is 11.0. The monoisotopic (exact) mass is 359 g/mol. The van der Waals surface area contributed by atoms with Gasteiger partial charge in [-0.05, 0) is 36.6 Å². The summed E-state index contributed by atoms with van der Waals surface area (Å²) in [7, 11) is -4.11. The lowest BCUT2D eigenvalue weighted by Crippen LogP contribution is -2.33. The summed E-state index contributed by atoms with van der Waals surface area (Å²) in [6.45, 7) is 6.75. The standard InChI is InChI=1S/C17H24FNO4S.H2/c1-11(2)16(20)7-5-6-13-8-14(18)10-15(9-13)24(22,23)19-17(21)12(3)4;/h8-12H,5-7H2,1-4H3,(H,19,21);1H. The van der Waals surface area contributed by atoms with Crippen LogP contribution in [0.25, 0.3) is 0 Å². The Kier molecular flexibility index (Phi) is 7.08. The van der Waals surface area contributed by atoms with Gasteiger partial charge in [0.05, 0.1) is 4.90 Å². The molecule has 1 aromatic carbocycles. The molecular weight excluding hydrogens is 333 g/mol. The van der Waals surface area contributed by atoms with Crippen LogP contribution >= 0.6 is 0 Å². The third kappa shape index (κ3) is 6.03. The fourth-order valence-corrected chi connectivity index (χ4v) is 3.18. The minimum absolute atomic E-state index is 0. The molecule has 0 aliphatic heterocycles. The summed E-state index contributed by atoms with van der Waals surface area (Å²) < 4.78 is 40.0. The van der Waals surface area contributed by atoms with Crippen molar-refractivity contribution in [1.29, 1.82) is 0 Å². The van der Waals surface area contributed by atoms with Crippen molar-refractivity contribution >= 4 is 21.7 Å². The molecule has 136 valence electrons. The highest BCUT2D eigenvalue weighted by atomic mass is 32.2. The Hall–Kier alpha value is -1.76. The molecule has 1 rings (SSSR count). The number of carbonyl (C=O) groups excluding carboxylic acids is 2. The Morgan fingerprint density at radius 2 is 1.75 bits per heavy atom. The second-order valence-electron chi connectivity index (χ2n) is 6.39. The molecule has 0 spiro atoms. The molecule has 0 heterocycles. The summed E-state index contributed by atoms with van der Waals surface area (Å²) in [5, 5.41) is 0. The molecule has 1 N–H and O–H groups in total. The van der Waals surface area contributed by atoms with E-state index in [1.54, 1.807) is 13.8 Å². The van der Waals surface area contributed by atoms with Gasteiger partial charge in [0.15, 0.2) is 0 Å². The highest BCUT2D eigenvalue weighted by Crippen LogP contribution is 2.17. The van der Waals surface area contributed by atoms with Gasteiger partial charge in [-0.3, -0.25) is 9.59 Å². The molecule has 0 saturated carbocycles. The minimum Gasteiger partial charge on any atom is -0.299 e. The fourth-order valence-electron chi connectivity index (χ4n) is 1.98. The molecule has 0 radical (unpaired) electrons. The lowest BCUT2D eigenvalue weighted by Gasteiger charge is -2.11. The lowest BCUT2D eigenvalue weighted by atomic mass is 10.0. The number of nitrogens with one attached hydrogen (secondary N) is 1. The number of benzene rings is 1. The zero-order valence-corrected chi connectivity index (χ0v) is 15.2. The second kappa shape index (κ2) is 8.37. The summed E-state index contributed by atoms with van der Waals surface area (Å²) in [4.78, 5) is 22.9. The van der Waals surface area contributed by atoms with Crippen LogP contribution in [0.2, 0.25) is 0 Å². The van der Waals surface area contributed by atoms with Crippen molar-refractivity contribution in [2.45, 2.75) is 51.9 Å². The predicted molar refractivity (Wildman–Crippen MR) is 91.5 cm³/mol. The molecule has 0 aliphatic rings. The van der Waals surface area contributed by atoms with Gasteiger partial charge >= 0.3 is 0 Å². The van der Waals surface area contributed by atoms with Gasteiger partial charge in [0.25, 0.3) is 10.0 Å². The van der Waals surface area contributed by atoms with Crippen LogP contribution in [-0.2, 0) is 26.0 Å². The minimum atomic E-state index is -4.11. The Bertz CT molecular complexity index is 717. The highest BCUT2D eigenvalue weighted by molar-refractivity contribution is 7.90. The van der Waals surface area contributed by atoms with Crippen LogP contribution in [0.1, 0.15) is 47.5 Å². The van der Waals surface area contributed by atoms with E-state index < -0.39 is 27.7 Å². The third-order valence-electron chi connectivity index (χ3n) is 3.53. The number of sulfonamides is 1. The van der Waals surface area contributed by atoms with Crippen LogP contribution in [-0.4, -0.2) is 20.1 Å². The largest absolute Gasteiger partial charge is 0.299 e. The first-order valence-electron chi connectivity index (χ1n) is 7.91. The van der Waals surface area contributed by atoms with E-state index in [1.165, 1.54) is 12.1 Å². The van der Waals surface area contributed by atoms with Crippen molar-refractivity contribution in [3.8, 4) is 0 Å². The molecule has 0 bridgehead atoms. The molecule has 1 amide bonds. The maximum Gasteiger partial charge on any atom is 0.264 e. The number of aryl methyl sites for hydroxylation is 1. The van der Waals surface area contributed by atoms with E-state index in [1.807, 2.05) is 18.6 Å².